The SMILES string of the molecule is O=S(=O)(c1ccc2c(c1)CCO2)N1CCCC2(CCCN(c3ncccn3)C2)C1. The quantitative estimate of drug-likeness (QED) is 0.768. The van der Waals surface area contributed by atoms with Crippen LogP contribution in [0.3, 0.4) is 0 Å². The third-order valence-electron chi connectivity index (χ3n) is 6.42. The molecule has 5 rings (SSSR count). The molecule has 0 radical (unpaired) electrons. The molecule has 2 fully saturated rings. The average Bonchev–Trinajstić information content (AvgIpc) is 3.22. The molecule has 7 nitrogen and oxygen atoms in total. The van der Waals surface area contributed by atoms with Crippen molar-refractivity contribution in [2.75, 3.05) is 37.7 Å². The summed E-state index contributed by atoms with van der Waals surface area (Å²) in [5.41, 5.74) is 0.950. The predicted octanol–water partition coefficient (Wildman–Crippen LogP) is 2.48. The summed E-state index contributed by atoms with van der Waals surface area (Å²) in [6, 6.07) is 7.10. The molecule has 3 aliphatic rings. The van der Waals surface area contributed by atoms with Gasteiger partial charge in [-0.3, -0.25) is 0 Å². The van der Waals surface area contributed by atoms with Gasteiger partial charge in [-0.1, -0.05) is 0 Å². The molecule has 4 heterocycles. The minimum absolute atomic E-state index is 0.0391. The Balaban J connectivity index is 1.38. The van der Waals surface area contributed by atoms with Crippen molar-refractivity contribution < 1.29 is 13.2 Å². The molecule has 154 valence electrons. The van der Waals surface area contributed by atoms with E-state index in [1.165, 1.54) is 0 Å². The zero-order valence-electron chi connectivity index (χ0n) is 16.5. The molecule has 2 aromatic rings. The van der Waals surface area contributed by atoms with Gasteiger partial charge in [0.1, 0.15) is 5.75 Å². The molecule has 0 aliphatic carbocycles. The number of aromatic nitrogens is 2. The van der Waals surface area contributed by atoms with Crippen molar-refractivity contribution in [3.63, 3.8) is 0 Å². The maximum atomic E-state index is 13.4. The van der Waals surface area contributed by atoms with Crippen LogP contribution in [0.25, 0.3) is 0 Å². The van der Waals surface area contributed by atoms with Gasteiger partial charge < -0.3 is 9.64 Å². The van der Waals surface area contributed by atoms with Crippen LogP contribution in [0.15, 0.2) is 41.6 Å². The monoisotopic (exact) mass is 414 g/mol. The van der Waals surface area contributed by atoms with Crippen molar-refractivity contribution in [3.8, 4) is 5.75 Å². The molecule has 1 atom stereocenters. The fourth-order valence-electron chi connectivity index (χ4n) is 5.01. The van der Waals surface area contributed by atoms with Gasteiger partial charge in [-0.05, 0) is 55.5 Å². The number of sulfonamides is 1. The van der Waals surface area contributed by atoms with Crippen molar-refractivity contribution in [3.05, 3.63) is 42.2 Å². The second kappa shape index (κ2) is 7.25. The number of rotatable bonds is 3. The normalized spacial score (nSPS) is 25.0. The summed E-state index contributed by atoms with van der Waals surface area (Å²) in [6.07, 6.45) is 8.30. The summed E-state index contributed by atoms with van der Waals surface area (Å²) in [6.45, 7) is 3.50. The Labute approximate surface area is 171 Å². The van der Waals surface area contributed by atoms with E-state index < -0.39 is 10.0 Å². The van der Waals surface area contributed by atoms with Crippen molar-refractivity contribution in [2.24, 2.45) is 5.41 Å². The maximum absolute atomic E-state index is 13.4. The van der Waals surface area contributed by atoms with Crippen molar-refractivity contribution in [2.45, 2.75) is 37.0 Å². The largest absolute Gasteiger partial charge is 0.493 e. The van der Waals surface area contributed by atoms with Crippen molar-refractivity contribution in [1.29, 1.82) is 0 Å². The highest BCUT2D eigenvalue weighted by Crippen LogP contribution is 2.41. The van der Waals surface area contributed by atoms with Crippen LogP contribution in [0.4, 0.5) is 5.95 Å². The molecule has 1 aromatic carbocycles. The molecular formula is C21H26N4O3S. The van der Waals surface area contributed by atoms with E-state index in [2.05, 4.69) is 14.9 Å². The summed E-state index contributed by atoms with van der Waals surface area (Å²) in [5, 5.41) is 0. The van der Waals surface area contributed by atoms with Crippen LogP contribution in [0.2, 0.25) is 0 Å². The Kier molecular flexibility index (Phi) is 4.70. The number of hydrogen-bond acceptors (Lipinski definition) is 6. The lowest BCUT2D eigenvalue weighted by Crippen LogP contribution is -2.54. The standard InChI is InChI=1S/C21H26N4O3S/c26-29(27,18-4-5-19-17(14-18)6-13-28-19)25-12-2-8-21(16-25)7-1-11-24(15-21)20-22-9-3-10-23-20/h3-5,9-10,14H,1-2,6-8,11-13,15-16H2. The Morgan fingerprint density at radius 2 is 1.83 bits per heavy atom. The van der Waals surface area contributed by atoms with E-state index in [0.29, 0.717) is 24.6 Å². The number of anilines is 1. The maximum Gasteiger partial charge on any atom is 0.243 e. The zero-order chi connectivity index (χ0) is 19.9. The summed E-state index contributed by atoms with van der Waals surface area (Å²) in [4.78, 5) is 11.4. The molecule has 0 bridgehead atoms. The van der Waals surface area contributed by atoms with Gasteiger partial charge in [-0.2, -0.15) is 4.31 Å². The van der Waals surface area contributed by atoms with Crippen LogP contribution in [-0.2, 0) is 16.4 Å². The Morgan fingerprint density at radius 1 is 1.03 bits per heavy atom. The summed E-state index contributed by atoms with van der Waals surface area (Å²) in [7, 11) is -3.51. The van der Waals surface area contributed by atoms with E-state index in [1.807, 2.05) is 6.07 Å². The highest BCUT2D eigenvalue weighted by molar-refractivity contribution is 7.89. The summed E-state index contributed by atoms with van der Waals surface area (Å²) < 4.78 is 34.1. The van der Waals surface area contributed by atoms with E-state index in [-0.39, 0.29) is 5.41 Å². The lowest BCUT2D eigenvalue weighted by molar-refractivity contribution is 0.122. The van der Waals surface area contributed by atoms with E-state index in [1.54, 1.807) is 34.9 Å². The van der Waals surface area contributed by atoms with E-state index >= 15 is 0 Å². The smallest absolute Gasteiger partial charge is 0.243 e. The average molecular weight is 415 g/mol. The first-order valence-electron chi connectivity index (χ1n) is 10.3. The molecule has 1 unspecified atom stereocenters. The Morgan fingerprint density at radius 3 is 2.66 bits per heavy atom. The lowest BCUT2D eigenvalue weighted by atomic mass is 9.74. The molecule has 3 aliphatic heterocycles. The molecule has 29 heavy (non-hydrogen) atoms. The molecule has 1 aromatic heterocycles. The van der Waals surface area contributed by atoms with Gasteiger partial charge in [0.2, 0.25) is 16.0 Å². The van der Waals surface area contributed by atoms with E-state index in [0.717, 1.165) is 62.5 Å². The summed E-state index contributed by atoms with van der Waals surface area (Å²) in [5.74, 6) is 1.55. The van der Waals surface area contributed by atoms with Crippen LogP contribution in [0, 0.1) is 5.41 Å². The van der Waals surface area contributed by atoms with Crippen LogP contribution >= 0.6 is 0 Å². The van der Waals surface area contributed by atoms with Crippen molar-refractivity contribution >= 4 is 16.0 Å². The van der Waals surface area contributed by atoms with Gasteiger partial charge in [0, 0.05) is 50.4 Å². The highest BCUT2D eigenvalue weighted by atomic mass is 32.2. The number of nitrogens with zero attached hydrogens (tertiary/aromatic N) is 4. The van der Waals surface area contributed by atoms with E-state index in [9.17, 15) is 8.42 Å². The van der Waals surface area contributed by atoms with Crippen molar-refractivity contribution in [1.82, 2.24) is 14.3 Å². The predicted molar refractivity (Wildman–Crippen MR) is 110 cm³/mol. The van der Waals surface area contributed by atoms with Gasteiger partial charge in [0.05, 0.1) is 11.5 Å². The van der Waals surface area contributed by atoms with Crippen LogP contribution in [-0.4, -0.2) is 55.5 Å². The van der Waals surface area contributed by atoms with Gasteiger partial charge >= 0.3 is 0 Å². The second-order valence-corrected chi connectivity index (χ2v) is 10.3. The number of hydrogen-bond donors (Lipinski definition) is 0. The third-order valence-corrected chi connectivity index (χ3v) is 8.26. The minimum atomic E-state index is -3.51. The first kappa shape index (κ1) is 18.8. The van der Waals surface area contributed by atoms with Crippen LogP contribution in [0.5, 0.6) is 5.75 Å². The van der Waals surface area contributed by atoms with Gasteiger partial charge in [0.15, 0.2) is 0 Å². The fraction of sp³-hybridized carbons (Fsp3) is 0.524. The number of ether oxygens (including phenoxy) is 1. The first-order valence-corrected chi connectivity index (χ1v) is 11.8. The number of benzene rings is 1. The molecule has 8 heteroatoms. The molecule has 0 amide bonds. The minimum Gasteiger partial charge on any atom is -0.493 e. The number of fused-ring (bicyclic) bond motifs is 1. The third kappa shape index (κ3) is 3.48. The van der Waals surface area contributed by atoms with Crippen LogP contribution < -0.4 is 9.64 Å². The second-order valence-electron chi connectivity index (χ2n) is 8.38. The fourth-order valence-corrected chi connectivity index (χ4v) is 6.65. The lowest BCUT2D eigenvalue weighted by Gasteiger charge is -2.48. The first-order chi connectivity index (χ1) is 14.1. The number of piperidine rings is 2. The highest BCUT2D eigenvalue weighted by Gasteiger charge is 2.43. The zero-order valence-corrected chi connectivity index (χ0v) is 17.3. The van der Waals surface area contributed by atoms with Gasteiger partial charge in [-0.25, -0.2) is 18.4 Å². The van der Waals surface area contributed by atoms with E-state index in [4.69, 9.17) is 4.74 Å². The van der Waals surface area contributed by atoms with Crippen LogP contribution in [0.1, 0.15) is 31.2 Å². The molecule has 0 N–H and O–H groups in total. The van der Waals surface area contributed by atoms with Gasteiger partial charge in [-0.15, -0.1) is 0 Å². The Hall–Kier alpha value is -2.19. The topological polar surface area (TPSA) is 75.6 Å². The molecular weight excluding hydrogens is 388 g/mol. The van der Waals surface area contributed by atoms with Gasteiger partial charge in [0.25, 0.3) is 0 Å². The molecule has 0 saturated carbocycles. The Bertz CT molecular complexity index is 994. The molecule has 1 spiro atoms. The molecule has 2 saturated heterocycles. The summed E-state index contributed by atoms with van der Waals surface area (Å²) >= 11 is 0.